The molecule has 2 rings (SSSR count). The largest absolute Gasteiger partial charge is 0.376 e. The zero-order chi connectivity index (χ0) is 11.7. The van der Waals surface area contributed by atoms with Crippen LogP contribution in [0.2, 0.25) is 0 Å². The monoisotopic (exact) mass is 226 g/mol. The van der Waals surface area contributed by atoms with Crippen molar-refractivity contribution in [3.8, 4) is 0 Å². The molecule has 0 aliphatic carbocycles. The number of hydrogen-bond donors (Lipinski definition) is 1. The SMILES string of the molecule is CCC1NC(C)N(C(C)C2CCCO2)C1=O. The zero-order valence-corrected chi connectivity index (χ0v) is 10.4. The molecule has 1 amide bonds. The van der Waals surface area contributed by atoms with Crippen LogP contribution >= 0.6 is 0 Å². The van der Waals surface area contributed by atoms with Crippen molar-refractivity contribution in [3.63, 3.8) is 0 Å². The molecule has 0 radical (unpaired) electrons. The van der Waals surface area contributed by atoms with Crippen LogP contribution in [-0.4, -0.2) is 41.8 Å². The Labute approximate surface area is 97.3 Å². The zero-order valence-electron chi connectivity index (χ0n) is 10.4. The van der Waals surface area contributed by atoms with Crippen molar-refractivity contribution in [2.45, 2.75) is 64.4 Å². The van der Waals surface area contributed by atoms with Gasteiger partial charge in [0, 0.05) is 6.61 Å². The van der Waals surface area contributed by atoms with Crippen molar-refractivity contribution in [2.24, 2.45) is 0 Å². The highest BCUT2D eigenvalue weighted by molar-refractivity contribution is 5.84. The molecule has 2 aliphatic heterocycles. The van der Waals surface area contributed by atoms with Crippen molar-refractivity contribution >= 4 is 5.91 Å². The first-order valence-corrected chi connectivity index (χ1v) is 6.35. The van der Waals surface area contributed by atoms with Crippen molar-refractivity contribution in [1.29, 1.82) is 0 Å². The molecular weight excluding hydrogens is 204 g/mol. The molecule has 0 bridgehead atoms. The first-order valence-electron chi connectivity index (χ1n) is 6.35. The Morgan fingerprint density at radius 3 is 2.88 bits per heavy atom. The highest BCUT2D eigenvalue weighted by Crippen LogP contribution is 2.24. The molecule has 0 aromatic carbocycles. The Balaban J connectivity index is 2.04. The van der Waals surface area contributed by atoms with Crippen LogP contribution in [0.1, 0.15) is 40.0 Å². The fourth-order valence-corrected chi connectivity index (χ4v) is 2.82. The predicted molar refractivity (Wildman–Crippen MR) is 62.0 cm³/mol. The maximum Gasteiger partial charge on any atom is 0.241 e. The number of ether oxygens (including phenoxy) is 1. The van der Waals surface area contributed by atoms with Crippen LogP contribution in [0.3, 0.4) is 0 Å². The molecule has 2 heterocycles. The smallest absolute Gasteiger partial charge is 0.241 e. The number of amides is 1. The van der Waals surface area contributed by atoms with Gasteiger partial charge in [0.25, 0.3) is 0 Å². The van der Waals surface area contributed by atoms with Crippen LogP contribution in [0.4, 0.5) is 0 Å². The van der Waals surface area contributed by atoms with Crippen LogP contribution in [0.25, 0.3) is 0 Å². The molecule has 16 heavy (non-hydrogen) atoms. The number of carbonyl (C=O) groups excluding carboxylic acids is 1. The third-order valence-corrected chi connectivity index (χ3v) is 3.76. The summed E-state index contributed by atoms with van der Waals surface area (Å²) in [4.78, 5) is 14.1. The summed E-state index contributed by atoms with van der Waals surface area (Å²) < 4.78 is 5.67. The van der Waals surface area contributed by atoms with Gasteiger partial charge < -0.3 is 9.64 Å². The number of rotatable bonds is 3. The molecule has 0 aromatic rings. The van der Waals surface area contributed by atoms with Crippen LogP contribution in [0, 0.1) is 0 Å². The number of hydrogen-bond acceptors (Lipinski definition) is 3. The summed E-state index contributed by atoms with van der Waals surface area (Å²) in [5.74, 6) is 0.234. The number of nitrogens with one attached hydrogen (secondary N) is 1. The Bertz CT molecular complexity index is 264. The maximum absolute atomic E-state index is 12.2. The van der Waals surface area contributed by atoms with Crippen LogP contribution in [0.5, 0.6) is 0 Å². The van der Waals surface area contributed by atoms with E-state index >= 15 is 0 Å². The molecule has 2 saturated heterocycles. The highest BCUT2D eigenvalue weighted by Gasteiger charge is 2.41. The van der Waals surface area contributed by atoms with E-state index in [-0.39, 0.29) is 30.3 Å². The van der Waals surface area contributed by atoms with Gasteiger partial charge in [-0.25, -0.2) is 0 Å². The van der Waals surface area contributed by atoms with Crippen LogP contribution < -0.4 is 5.32 Å². The van der Waals surface area contributed by atoms with Gasteiger partial charge in [-0.15, -0.1) is 0 Å². The second-order valence-corrected chi connectivity index (χ2v) is 4.84. The predicted octanol–water partition coefficient (Wildman–Crippen LogP) is 1.11. The molecule has 0 aromatic heterocycles. The lowest BCUT2D eigenvalue weighted by Gasteiger charge is -2.31. The van der Waals surface area contributed by atoms with E-state index in [0.717, 1.165) is 25.9 Å². The van der Waals surface area contributed by atoms with Gasteiger partial charge >= 0.3 is 0 Å². The molecule has 2 aliphatic rings. The molecule has 4 nitrogen and oxygen atoms in total. The lowest BCUT2D eigenvalue weighted by Crippen LogP contribution is -2.47. The van der Waals surface area contributed by atoms with E-state index in [1.165, 1.54) is 0 Å². The topological polar surface area (TPSA) is 41.6 Å². The summed E-state index contributed by atoms with van der Waals surface area (Å²) in [7, 11) is 0. The van der Waals surface area contributed by atoms with E-state index in [1.54, 1.807) is 0 Å². The van der Waals surface area contributed by atoms with Gasteiger partial charge in [0.2, 0.25) is 5.91 Å². The molecule has 4 unspecified atom stereocenters. The van der Waals surface area contributed by atoms with Gasteiger partial charge in [0.05, 0.1) is 24.4 Å². The van der Waals surface area contributed by atoms with Gasteiger partial charge in [0.15, 0.2) is 0 Å². The lowest BCUT2D eigenvalue weighted by molar-refractivity contribution is -0.134. The summed E-state index contributed by atoms with van der Waals surface area (Å²) in [5, 5.41) is 3.33. The van der Waals surface area contributed by atoms with E-state index in [9.17, 15) is 4.79 Å². The Hall–Kier alpha value is -0.610. The normalized spacial score (nSPS) is 37.1. The summed E-state index contributed by atoms with van der Waals surface area (Å²) >= 11 is 0. The molecule has 92 valence electrons. The van der Waals surface area contributed by atoms with E-state index in [0.29, 0.717) is 0 Å². The lowest BCUT2D eigenvalue weighted by atomic mass is 10.1. The second-order valence-electron chi connectivity index (χ2n) is 4.84. The second kappa shape index (κ2) is 4.72. The Kier molecular flexibility index (Phi) is 3.50. The molecule has 4 atom stereocenters. The molecule has 0 spiro atoms. The summed E-state index contributed by atoms with van der Waals surface area (Å²) in [6.45, 7) is 7.04. The molecular formula is C12H22N2O2. The van der Waals surface area contributed by atoms with Gasteiger partial charge in [-0.2, -0.15) is 0 Å². The minimum Gasteiger partial charge on any atom is -0.376 e. The molecule has 4 heteroatoms. The average molecular weight is 226 g/mol. The first kappa shape index (κ1) is 11.9. The fourth-order valence-electron chi connectivity index (χ4n) is 2.82. The summed E-state index contributed by atoms with van der Waals surface area (Å²) in [6.07, 6.45) is 3.42. The van der Waals surface area contributed by atoms with Gasteiger partial charge in [-0.1, -0.05) is 6.92 Å². The minimum atomic E-state index is -0.00106. The van der Waals surface area contributed by atoms with Crippen molar-refractivity contribution < 1.29 is 9.53 Å². The fraction of sp³-hybridized carbons (Fsp3) is 0.917. The van der Waals surface area contributed by atoms with Crippen LogP contribution in [-0.2, 0) is 9.53 Å². The van der Waals surface area contributed by atoms with Crippen molar-refractivity contribution in [3.05, 3.63) is 0 Å². The van der Waals surface area contributed by atoms with Crippen LogP contribution in [0.15, 0.2) is 0 Å². The minimum absolute atomic E-state index is 0.00106. The van der Waals surface area contributed by atoms with Gasteiger partial charge in [-0.3, -0.25) is 10.1 Å². The van der Waals surface area contributed by atoms with E-state index < -0.39 is 0 Å². The van der Waals surface area contributed by atoms with Crippen molar-refractivity contribution in [1.82, 2.24) is 10.2 Å². The van der Waals surface area contributed by atoms with Gasteiger partial charge in [0.1, 0.15) is 0 Å². The summed E-state index contributed by atoms with van der Waals surface area (Å²) in [6, 6.07) is 0.188. The molecule has 2 fully saturated rings. The van der Waals surface area contributed by atoms with E-state index in [2.05, 4.69) is 19.2 Å². The third-order valence-electron chi connectivity index (χ3n) is 3.76. The summed E-state index contributed by atoms with van der Waals surface area (Å²) in [5.41, 5.74) is 0. The quantitative estimate of drug-likeness (QED) is 0.784. The number of carbonyl (C=O) groups is 1. The Morgan fingerprint density at radius 1 is 1.62 bits per heavy atom. The van der Waals surface area contributed by atoms with E-state index in [4.69, 9.17) is 4.74 Å². The third kappa shape index (κ3) is 1.96. The molecule has 0 saturated carbocycles. The maximum atomic E-state index is 12.2. The average Bonchev–Trinajstić information content (AvgIpc) is 2.86. The van der Waals surface area contributed by atoms with Gasteiger partial charge in [-0.05, 0) is 33.1 Å². The van der Waals surface area contributed by atoms with E-state index in [1.807, 2.05) is 11.8 Å². The number of nitrogens with zero attached hydrogens (tertiary/aromatic N) is 1. The Morgan fingerprint density at radius 2 is 2.38 bits per heavy atom. The van der Waals surface area contributed by atoms with Crippen molar-refractivity contribution in [2.75, 3.05) is 6.61 Å². The standard InChI is InChI=1S/C12H22N2O2/c1-4-10-12(15)14(9(3)13-10)8(2)11-6-5-7-16-11/h8-11,13H,4-7H2,1-3H3. The highest BCUT2D eigenvalue weighted by atomic mass is 16.5. The molecule has 1 N–H and O–H groups in total. The first-order chi connectivity index (χ1) is 7.65.